The lowest BCUT2D eigenvalue weighted by molar-refractivity contribution is -0.150. The minimum absolute atomic E-state index is 0. The summed E-state index contributed by atoms with van der Waals surface area (Å²) in [6.07, 6.45) is 0. The molecule has 0 aliphatic carbocycles. The largest absolute Gasteiger partial charge is 0.477 e. The van der Waals surface area contributed by atoms with Crippen LogP contribution in [0.4, 0.5) is 5.13 Å². The molecule has 36 heavy (non-hydrogen) atoms. The quantitative estimate of drug-likeness (QED) is 0.0870. The van der Waals surface area contributed by atoms with E-state index in [9.17, 15) is 19.5 Å². The molecule has 5 N–H and O–H groups in total. The number of β-lactam (4-membered cyclic amide) rings is 1. The molecule has 2 amide bonds. The van der Waals surface area contributed by atoms with Crippen molar-refractivity contribution >= 4 is 75.9 Å². The number of carbonyl (C=O) groups excluding carboxylic acids is 2. The molecule has 4 heterocycles. The van der Waals surface area contributed by atoms with Crippen molar-refractivity contribution in [3.63, 3.8) is 0 Å². The van der Waals surface area contributed by atoms with Crippen LogP contribution in [-0.2, 0) is 26.3 Å². The van der Waals surface area contributed by atoms with Gasteiger partial charge in [0.2, 0.25) is 5.16 Å². The third-order valence-corrected chi connectivity index (χ3v) is 7.92. The summed E-state index contributed by atoms with van der Waals surface area (Å²) in [6.45, 7) is -0.465. The van der Waals surface area contributed by atoms with Crippen molar-refractivity contribution in [3.8, 4) is 0 Å². The van der Waals surface area contributed by atoms with E-state index in [0.717, 1.165) is 11.3 Å². The number of thiazole rings is 1. The molecule has 15 nitrogen and oxygen atoms in total. The third-order valence-electron chi connectivity index (χ3n) is 4.81. The number of aliphatic hydroxyl groups is 1. The molecule has 19 heteroatoms. The van der Waals surface area contributed by atoms with E-state index in [0.29, 0.717) is 16.5 Å². The van der Waals surface area contributed by atoms with Crippen molar-refractivity contribution in [3.05, 3.63) is 22.3 Å². The number of halogens is 1. The highest BCUT2D eigenvalue weighted by molar-refractivity contribution is 8.01. The highest BCUT2D eigenvalue weighted by atomic mass is 35.5. The Labute approximate surface area is 221 Å². The summed E-state index contributed by atoms with van der Waals surface area (Å²) in [5.41, 5.74) is 6.00. The van der Waals surface area contributed by atoms with Gasteiger partial charge in [0, 0.05) is 23.9 Å². The first kappa shape index (κ1) is 27.7. The van der Waals surface area contributed by atoms with Crippen LogP contribution in [0.5, 0.6) is 0 Å². The number of fused-ring (bicyclic) bond motifs is 1. The molecule has 0 radical (unpaired) electrons. The van der Waals surface area contributed by atoms with Gasteiger partial charge in [-0.05, 0) is 16.0 Å². The molecule has 4 rings (SSSR count). The second-order valence-corrected chi connectivity index (χ2v) is 10.00. The van der Waals surface area contributed by atoms with E-state index in [1.54, 1.807) is 7.05 Å². The minimum Gasteiger partial charge on any atom is -0.477 e. The summed E-state index contributed by atoms with van der Waals surface area (Å²) in [7, 11) is 1.67. The van der Waals surface area contributed by atoms with E-state index in [2.05, 4.69) is 31.0 Å². The number of nitrogen functional groups attached to an aromatic ring is 1. The number of rotatable bonds is 10. The van der Waals surface area contributed by atoms with Crippen LogP contribution in [0.3, 0.4) is 0 Å². The van der Waals surface area contributed by atoms with E-state index in [1.807, 2.05) is 0 Å². The number of hydrogen-bond acceptors (Lipinski definition) is 14. The molecular weight excluding hydrogens is 558 g/mol. The van der Waals surface area contributed by atoms with Gasteiger partial charge in [0.25, 0.3) is 11.8 Å². The van der Waals surface area contributed by atoms with Crippen LogP contribution in [0.15, 0.2) is 27.0 Å². The molecular formula is C17H20ClN9O6S3. The highest BCUT2D eigenvalue weighted by Gasteiger charge is 2.54. The summed E-state index contributed by atoms with van der Waals surface area (Å²) in [4.78, 5) is 48.0. The van der Waals surface area contributed by atoms with Crippen LogP contribution in [0.25, 0.3) is 0 Å². The molecule has 0 spiro atoms. The Hall–Kier alpha value is -2.93. The Morgan fingerprint density at radius 2 is 2.22 bits per heavy atom. The Balaban J connectivity index is 0.00000361. The number of tetrazole rings is 1. The number of carboxylic acid groups (broad SMARTS) is 1. The van der Waals surface area contributed by atoms with Gasteiger partial charge in [0.05, 0.1) is 6.61 Å². The molecule has 2 aromatic rings. The topological polar surface area (TPSA) is 211 Å². The van der Waals surface area contributed by atoms with Gasteiger partial charge in [-0.2, -0.15) is 0 Å². The number of oxime groups is 1. The summed E-state index contributed by atoms with van der Waals surface area (Å²) in [5, 5.41) is 37.8. The monoisotopic (exact) mass is 577 g/mol. The van der Waals surface area contributed by atoms with Crippen LogP contribution in [0.1, 0.15) is 5.69 Å². The zero-order valence-electron chi connectivity index (χ0n) is 18.4. The third kappa shape index (κ3) is 5.56. The maximum Gasteiger partial charge on any atom is 0.352 e. The summed E-state index contributed by atoms with van der Waals surface area (Å²) >= 11 is 3.67. The first-order chi connectivity index (χ1) is 16.8. The van der Waals surface area contributed by atoms with Crippen molar-refractivity contribution < 1.29 is 29.4 Å². The maximum atomic E-state index is 12.9. The molecule has 194 valence electrons. The van der Waals surface area contributed by atoms with Gasteiger partial charge in [-0.15, -0.1) is 40.6 Å². The lowest BCUT2D eigenvalue weighted by atomic mass is 10.0. The van der Waals surface area contributed by atoms with Crippen LogP contribution >= 0.6 is 47.3 Å². The number of aliphatic hydroxyl groups excluding tert-OH is 1. The summed E-state index contributed by atoms with van der Waals surface area (Å²) in [6, 6.07) is -0.974. The van der Waals surface area contributed by atoms with Gasteiger partial charge >= 0.3 is 5.97 Å². The Morgan fingerprint density at radius 3 is 2.83 bits per heavy atom. The molecule has 1 saturated heterocycles. The lowest BCUT2D eigenvalue weighted by Crippen LogP contribution is -2.71. The van der Waals surface area contributed by atoms with E-state index in [4.69, 9.17) is 15.7 Å². The standard InChI is InChI=1S/C17H19N9O6S3.ClH/c1-25-17(21-23-24-25)35-5-7-4-33-14-10(13(29)26(14)11(7)15(30)31)20-12(28)9(22-32-3-2-27)8-6-34-16(18)19-8;/h6,10,14,27H,2-5H2,1H3,(H2,18,19)(H,20,28)(H,30,31);1H/b22-9+;. The molecule has 2 atom stereocenters. The Morgan fingerprint density at radius 1 is 1.44 bits per heavy atom. The fourth-order valence-electron chi connectivity index (χ4n) is 3.25. The van der Waals surface area contributed by atoms with Crippen molar-refractivity contribution in [2.24, 2.45) is 12.2 Å². The Kier molecular flexibility index (Phi) is 9.12. The van der Waals surface area contributed by atoms with Crippen molar-refractivity contribution in [2.45, 2.75) is 16.6 Å². The number of carboxylic acids is 1. The number of anilines is 1. The van der Waals surface area contributed by atoms with E-state index < -0.39 is 29.2 Å². The zero-order valence-corrected chi connectivity index (χ0v) is 21.7. The van der Waals surface area contributed by atoms with Gasteiger partial charge in [-0.25, -0.2) is 14.5 Å². The minimum atomic E-state index is -1.24. The zero-order chi connectivity index (χ0) is 25.1. The second-order valence-electron chi connectivity index (χ2n) is 7.06. The predicted octanol–water partition coefficient (Wildman–Crippen LogP) is -1.09. The number of amides is 2. The van der Waals surface area contributed by atoms with Crippen LogP contribution in [0, 0.1) is 0 Å². The predicted molar refractivity (Wildman–Crippen MR) is 133 cm³/mol. The number of nitrogens with two attached hydrogens (primary N) is 1. The van der Waals surface area contributed by atoms with Gasteiger partial charge in [-0.1, -0.05) is 16.9 Å². The van der Waals surface area contributed by atoms with Gasteiger partial charge < -0.3 is 26.1 Å². The smallest absolute Gasteiger partial charge is 0.352 e. The average Bonchev–Trinajstić information content (AvgIpc) is 3.45. The van der Waals surface area contributed by atoms with E-state index in [-0.39, 0.29) is 53.6 Å². The van der Waals surface area contributed by atoms with Gasteiger partial charge in [-0.3, -0.25) is 14.5 Å². The molecule has 1 fully saturated rings. The van der Waals surface area contributed by atoms with Crippen molar-refractivity contribution in [2.75, 3.05) is 30.5 Å². The molecule has 0 saturated carbocycles. The number of aryl methyl sites for hydroxylation is 1. The van der Waals surface area contributed by atoms with Gasteiger partial charge in [0.15, 0.2) is 10.8 Å². The van der Waals surface area contributed by atoms with Crippen molar-refractivity contribution in [1.29, 1.82) is 0 Å². The fourth-order valence-corrected chi connectivity index (χ4v) is 6.13. The molecule has 0 aromatic carbocycles. The average molecular weight is 578 g/mol. The number of carbonyl (C=O) groups is 3. The van der Waals surface area contributed by atoms with Crippen LogP contribution in [0.2, 0.25) is 0 Å². The van der Waals surface area contributed by atoms with E-state index >= 15 is 0 Å². The van der Waals surface area contributed by atoms with Crippen LogP contribution in [-0.4, -0.2) is 99.9 Å². The summed E-state index contributed by atoms with van der Waals surface area (Å²) in [5.74, 6) is -1.93. The molecule has 2 aliphatic rings. The van der Waals surface area contributed by atoms with Crippen molar-refractivity contribution in [1.82, 2.24) is 35.4 Å². The number of aliphatic carboxylic acids is 1. The van der Waals surface area contributed by atoms with Gasteiger partial charge in [0.1, 0.15) is 29.4 Å². The lowest BCUT2D eigenvalue weighted by Gasteiger charge is -2.49. The molecule has 2 aromatic heterocycles. The highest BCUT2D eigenvalue weighted by Crippen LogP contribution is 2.41. The first-order valence-electron chi connectivity index (χ1n) is 9.90. The van der Waals surface area contributed by atoms with Crippen LogP contribution < -0.4 is 11.1 Å². The Bertz CT molecular complexity index is 1220. The molecule has 2 aliphatic heterocycles. The number of nitrogens with zero attached hydrogens (tertiary/aromatic N) is 7. The fraction of sp³-hybridized carbons (Fsp3) is 0.412. The number of aromatic nitrogens is 5. The maximum absolute atomic E-state index is 12.9. The molecule has 2 unspecified atom stereocenters. The number of hydrogen-bond donors (Lipinski definition) is 4. The van der Waals surface area contributed by atoms with E-state index in [1.165, 1.54) is 38.5 Å². The number of thioether (sulfide) groups is 2. The number of nitrogens with one attached hydrogen (secondary N) is 1. The SMILES string of the molecule is Cl.Cn1nnnc1SCC1=C(C(=O)O)N2C(=O)C(NC(=O)/C(=N/OCCO)c3csc(N)n3)C2SC1. The first-order valence-corrected chi connectivity index (χ1v) is 12.8. The summed E-state index contributed by atoms with van der Waals surface area (Å²) < 4.78 is 1.46. The molecule has 0 bridgehead atoms. The normalized spacial score (nSPS) is 19.3. The second kappa shape index (κ2) is 11.9.